The van der Waals surface area contributed by atoms with Crippen molar-refractivity contribution in [1.29, 1.82) is 0 Å². The van der Waals surface area contributed by atoms with Crippen molar-refractivity contribution in [3.63, 3.8) is 0 Å². The number of benzene rings is 2. The topological polar surface area (TPSA) is 119 Å². The van der Waals surface area contributed by atoms with E-state index in [1.54, 1.807) is 13.0 Å². The number of aryl methyl sites for hydroxylation is 1. The van der Waals surface area contributed by atoms with E-state index in [1.807, 2.05) is 0 Å². The van der Waals surface area contributed by atoms with Crippen molar-refractivity contribution in [2.24, 2.45) is 0 Å². The highest BCUT2D eigenvalue weighted by Crippen LogP contribution is 2.37. The van der Waals surface area contributed by atoms with Crippen LogP contribution in [0.1, 0.15) is 11.1 Å². The molecule has 0 aliphatic carbocycles. The van der Waals surface area contributed by atoms with Crippen molar-refractivity contribution in [2.45, 2.75) is 6.92 Å². The number of rotatable bonds is 4. The molecule has 1 saturated heterocycles. The molecule has 0 spiro atoms. The minimum absolute atomic E-state index is 0.00678. The SMILES string of the molecule is COc1c(Br)cc(/C=C2/C(=O)NC(=O)N(c3ccc(C)c(Cl)c3)C2=O)cc1[N+](=O)[O-]. The van der Waals surface area contributed by atoms with Gasteiger partial charge in [-0.25, -0.2) is 9.69 Å². The summed E-state index contributed by atoms with van der Waals surface area (Å²) in [4.78, 5) is 49.0. The zero-order chi connectivity index (χ0) is 22.2. The molecule has 1 fully saturated rings. The number of carbonyl (C=O) groups is 3. The Morgan fingerprint density at radius 3 is 2.53 bits per heavy atom. The molecule has 11 heteroatoms. The second kappa shape index (κ2) is 8.25. The summed E-state index contributed by atoms with van der Waals surface area (Å²) < 4.78 is 5.27. The van der Waals surface area contributed by atoms with E-state index in [4.69, 9.17) is 16.3 Å². The molecule has 2 aromatic rings. The Hall–Kier alpha value is -3.24. The largest absolute Gasteiger partial charge is 0.489 e. The molecule has 0 aromatic heterocycles. The summed E-state index contributed by atoms with van der Waals surface area (Å²) in [6, 6.07) is 6.24. The van der Waals surface area contributed by atoms with Crippen LogP contribution < -0.4 is 15.0 Å². The molecular weight excluding hydrogens is 482 g/mol. The molecule has 1 aliphatic rings. The van der Waals surface area contributed by atoms with Crippen molar-refractivity contribution in [3.05, 3.63) is 66.6 Å². The highest BCUT2D eigenvalue weighted by molar-refractivity contribution is 9.10. The average Bonchev–Trinajstić information content (AvgIpc) is 2.67. The van der Waals surface area contributed by atoms with Gasteiger partial charge in [-0.15, -0.1) is 0 Å². The van der Waals surface area contributed by atoms with E-state index in [0.29, 0.717) is 5.02 Å². The maximum atomic E-state index is 12.9. The van der Waals surface area contributed by atoms with Gasteiger partial charge in [0, 0.05) is 11.1 Å². The van der Waals surface area contributed by atoms with Crippen molar-refractivity contribution in [3.8, 4) is 5.75 Å². The third-order valence-corrected chi connectivity index (χ3v) is 5.27. The minimum atomic E-state index is -0.927. The fourth-order valence-electron chi connectivity index (χ4n) is 2.80. The average molecular weight is 495 g/mol. The number of nitro groups is 1. The smallest absolute Gasteiger partial charge is 0.335 e. The number of nitro benzene ring substituents is 1. The first-order valence-electron chi connectivity index (χ1n) is 8.33. The van der Waals surface area contributed by atoms with Crippen LogP contribution in [0.3, 0.4) is 0 Å². The van der Waals surface area contributed by atoms with Gasteiger partial charge in [-0.3, -0.25) is 25.0 Å². The number of imide groups is 2. The number of anilines is 1. The first-order valence-corrected chi connectivity index (χ1v) is 9.50. The monoisotopic (exact) mass is 493 g/mol. The van der Waals surface area contributed by atoms with Crippen LogP contribution in [0.2, 0.25) is 5.02 Å². The Labute approximate surface area is 183 Å². The molecule has 154 valence electrons. The van der Waals surface area contributed by atoms with Crippen LogP contribution in [0.15, 0.2) is 40.4 Å². The van der Waals surface area contributed by atoms with Gasteiger partial charge in [-0.1, -0.05) is 17.7 Å². The Balaban J connectivity index is 2.09. The van der Waals surface area contributed by atoms with Crippen LogP contribution in [0.4, 0.5) is 16.2 Å². The predicted octanol–water partition coefficient (Wildman–Crippen LogP) is 3.99. The number of urea groups is 1. The molecular formula is C19H13BrClN3O6. The molecule has 2 aromatic carbocycles. The zero-order valence-electron chi connectivity index (χ0n) is 15.6. The van der Waals surface area contributed by atoms with Crippen molar-refractivity contribution < 1.29 is 24.0 Å². The van der Waals surface area contributed by atoms with Crippen molar-refractivity contribution in [1.82, 2.24) is 5.32 Å². The standard InChI is InChI=1S/C19H13BrClN3O6/c1-9-3-4-11(8-14(9)21)23-18(26)12(17(25)22-19(23)27)5-10-6-13(20)16(30-2)15(7-10)24(28)29/h3-8H,1-2H3,(H,22,25,27)/b12-5-. The number of amides is 4. The molecule has 30 heavy (non-hydrogen) atoms. The molecule has 1 aliphatic heterocycles. The number of hydrogen-bond acceptors (Lipinski definition) is 6. The molecule has 1 N–H and O–H groups in total. The van der Waals surface area contributed by atoms with Gasteiger partial charge < -0.3 is 4.74 Å². The summed E-state index contributed by atoms with van der Waals surface area (Å²) in [6.45, 7) is 1.76. The first kappa shape index (κ1) is 21.5. The fraction of sp³-hybridized carbons (Fsp3) is 0.105. The van der Waals surface area contributed by atoms with E-state index < -0.39 is 22.8 Å². The maximum absolute atomic E-state index is 12.9. The Bertz CT molecular complexity index is 1150. The van der Waals surface area contributed by atoms with Gasteiger partial charge in [0.25, 0.3) is 11.8 Å². The number of barbiturate groups is 1. The lowest BCUT2D eigenvalue weighted by Gasteiger charge is -2.26. The minimum Gasteiger partial charge on any atom is -0.489 e. The van der Waals surface area contributed by atoms with E-state index in [-0.39, 0.29) is 32.7 Å². The Morgan fingerprint density at radius 1 is 1.23 bits per heavy atom. The van der Waals surface area contributed by atoms with E-state index in [0.717, 1.165) is 22.6 Å². The predicted molar refractivity (Wildman–Crippen MR) is 113 cm³/mol. The summed E-state index contributed by atoms with van der Waals surface area (Å²) in [7, 11) is 1.28. The number of nitrogens with one attached hydrogen (secondary N) is 1. The number of nitrogens with zero attached hydrogens (tertiary/aromatic N) is 2. The van der Waals surface area contributed by atoms with E-state index in [2.05, 4.69) is 21.2 Å². The second-order valence-electron chi connectivity index (χ2n) is 6.20. The van der Waals surface area contributed by atoms with E-state index in [9.17, 15) is 24.5 Å². The molecule has 0 radical (unpaired) electrons. The lowest BCUT2D eigenvalue weighted by molar-refractivity contribution is -0.385. The molecule has 0 atom stereocenters. The van der Waals surface area contributed by atoms with Gasteiger partial charge in [0.1, 0.15) is 5.57 Å². The van der Waals surface area contributed by atoms with Crippen LogP contribution in [0.25, 0.3) is 6.08 Å². The summed E-state index contributed by atoms with van der Waals surface area (Å²) in [6.07, 6.45) is 1.16. The summed E-state index contributed by atoms with van der Waals surface area (Å²) in [5.41, 5.74) is 0.364. The van der Waals surface area contributed by atoms with Crippen LogP contribution in [0, 0.1) is 17.0 Å². The number of hydrogen-bond donors (Lipinski definition) is 1. The third kappa shape index (κ3) is 3.91. The van der Waals surface area contributed by atoms with E-state index >= 15 is 0 Å². The molecule has 0 saturated carbocycles. The lowest BCUT2D eigenvalue weighted by atomic mass is 10.1. The van der Waals surface area contributed by atoms with Gasteiger partial charge >= 0.3 is 11.7 Å². The molecule has 1 heterocycles. The summed E-state index contributed by atoms with van der Waals surface area (Å²) >= 11 is 9.26. The Morgan fingerprint density at radius 2 is 1.93 bits per heavy atom. The number of carbonyl (C=O) groups excluding carboxylic acids is 3. The normalized spacial score (nSPS) is 15.4. The third-order valence-electron chi connectivity index (χ3n) is 4.27. The Kier molecular flexibility index (Phi) is 5.90. The lowest BCUT2D eigenvalue weighted by Crippen LogP contribution is -2.54. The fourth-order valence-corrected chi connectivity index (χ4v) is 3.60. The maximum Gasteiger partial charge on any atom is 0.335 e. The number of ether oxygens (including phenoxy) is 1. The second-order valence-corrected chi connectivity index (χ2v) is 7.47. The van der Waals surface area contributed by atoms with Crippen LogP contribution in [-0.2, 0) is 9.59 Å². The van der Waals surface area contributed by atoms with Gasteiger partial charge in [0.05, 0.1) is 22.2 Å². The molecule has 4 amide bonds. The summed E-state index contributed by atoms with van der Waals surface area (Å²) in [5.74, 6) is -1.82. The highest BCUT2D eigenvalue weighted by atomic mass is 79.9. The molecule has 0 unspecified atom stereocenters. The van der Waals surface area contributed by atoms with Crippen molar-refractivity contribution >= 4 is 62.8 Å². The highest BCUT2D eigenvalue weighted by Gasteiger charge is 2.37. The summed E-state index contributed by atoms with van der Waals surface area (Å²) in [5, 5.41) is 13.7. The molecule has 9 nitrogen and oxygen atoms in total. The van der Waals surface area contributed by atoms with Crippen LogP contribution in [-0.4, -0.2) is 29.9 Å². The van der Waals surface area contributed by atoms with Gasteiger partial charge in [0.15, 0.2) is 0 Å². The zero-order valence-corrected chi connectivity index (χ0v) is 17.9. The molecule has 3 rings (SSSR count). The van der Waals surface area contributed by atoms with Crippen LogP contribution in [0.5, 0.6) is 5.75 Å². The number of methoxy groups -OCH3 is 1. The quantitative estimate of drug-likeness (QED) is 0.297. The van der Waals surface area contributed by atoms with Gasteiger partial charge in [-0.2, -0.15) is 0 Å². The molecule has 0 bridgehead atoms. The van der Waals surface area contributed by atoms with Gasteiger partial charge in [-0.05, 0) is 58.3 Å². The van der Waals surface area contributed by atoms with Crippen molar-refractivity contribution in [2.75, 3.05) is 12.0 Å². The first-order chi connectivity index (χ1) is 14.1. The van der Waals surface area contributed by atoms with E-state index in [1.165, 1.54) is 25.3 Å². The van der Waals surface area contributed by atoms with Gasteiger partial charge in [0.2, 0.25) is 5.75 Å². The van der Waals surface area contributed by atoms with Crippen LogP contribution >= 0.6 is 27.5 Å². The number of halogens is 2.